The van der Waals surface area contributed by atoms with Crippen LogP contribution in [0.15, 0.2) is 28.8 Å². The summed E-state index contributed by atoms with van der Waals surface area (Å²) < 4.78 is 16.2. The minimum absolute atomic E-state index is 0.137. The van der Waals surface area contributed by atoms with Crippen molar-refractivity contribution in [2.45, 2.75) is 63.5 Å². The summed E-state index contributed by atoms with van der Waals surface area (Å²) >= 11 is 0. The van der Waals surface area contributed by atoms with E-state index < -0.39 is 0 Å². The van der Waals surface area contributed by atoms with Crippen molar-refractivity contribution in [2.75, 3.05) is 27.3 Å². The summed E-state index contributed by atoms with van der Waals surface area (Å²) in [7, 11) is 3.34. The lowest BCUT2D eigenvalue weighted by atomic mass is 9.94. The summed E-state index contributed by atoms with van der Waals surface area (Å²) in [4.78, 5) is 15.0. The van der Waals surface area contributed by atoms with Gasteiger partial charge >= 0.3 is 0 Å². The predicted molar refractivity (Wildman–Crippen MR) is 118 cm³/mol. The first-order chi connectivity index (χ1) is 15.1. The number of hydrogen-bond acceptors (Lipinski definition) is 6. The van der Waals surface area contributed by atoms with Gasteiger partial charge in [0.15, 0.2) is 0 Å². The zero-order valence-corrected chi connectivity index (χ0v) is 18.6. The Bertz CT molecular complexity index is 853. The minimum atomic E-state index is -0.137. The summed E-state index contributed by atoms with van der Waals surface area (Å²) in [6.07, 6.45) is 7.88. The molecule has 1 saturated heterocycles. The van der Waals surface area contributed by atoms with Crippen molar-refractivity contribution >= 4 is 5.91 Å². The maximum atomic E-state index is 12.6. The number of benzene rings is 1. The van der Waals surface area contributed by atoms with Gasteiger partial charge in [-0.05, 0) is 49.9 Å². The molecule has 31 heavy (non-hydrogen) atoms. The molecule has 4 rings (SSSR count). The molecule has 1 unspecified atom stereocenters. The van der Waals surface area contributed by atoms with Gasteiger partial charge in [0.25, 0.3) is 5.91 Å². The molecule has 7 nitrogen and oxygen atoms in total. The molecule has 1 aromatic heterocycles. The van der Waals surface area contributed by atoms with Gasteiger partial charge in [0, 0.05) is 37.2 Å². The molecule has 1 saturated carbocycles. The molecule has 0 bridgehead atoms. The second kappa shape index (κ2) is 10.2. The summed E-state index contributed by atoms with van der Waals surface area (Å²) in [6.45, 7) is 2.73. The molecule has 1 amide bonds. The molecular weight excluding hydrogens is 394 g/mol. The van der Waals surface area contributed by atoms with Crippen LogP contribution in [0.5, 0.6) is 11.5 Å². The first kappa shape index (κ1) is 21.7. The Kier molecular flexibility index (Phi) is 7.12. The number of likely N-dealkylation sites (tertiary alicyclic amines) is 1. The van der Waals surface area contributed by atoms with E-state index in [9.17, 15) is 4.79 Å². The Labute approximate surface area is 184 Å². The highest BCUT2D eigenvalue weighted by atomic mass is 16.5. The second-order valence-corrected chi connectivity index (χ2v) is 8.72. The molecule has 2 fully saturated rings. The largest absolute Gasteiger partial charge is 0.497 e. The van der Waals surface area contributed by atoms with Crippen molar-refractivity contribution in [3.05, 3.63) is 41.3 Å². The highest BCUT2D eigenvalue weighted by Gasteiger charge is 2.26. The third kappa shape index (κ3) is 5.58. The van der Waals surface area contributed by atoms with Gasteiger partial charge < -0.3 is 19.3 Å². The van der Waals surface area contributed by atoms with Crippen LogP contribution in [0.4, 0.5) is 0 Å². The fraction of sp³-hybridized carbons (Fsp3) is 0.583. The van der Waals surface area contributed by atoms with Crippen molar-refractivity contribution in [1.29, 1.82) is 0 Å². The number of hydrogen-bond donors (Lipinski definition) is 1. The third-order valence-electron chi connectivity index (χ3n) is 6.43. The summed E-state index contributed by atoms with van der Waals surface area (Å²) in [5.41, 5.74) is 2.03. The van der Waals surface area contributed by atoms with E-state index in [1.54, 1.807) is 14.2 Å². The molecule has 2 aromatic rings. The van der Waals surface area contributed by atoms with Crippen LogP contribution in [0.1, 0.15) is 72.7 Å². The Hall–Kier alpha value is -2.54. The molecule has 1 atom stereocenters. The zero-order chi connectivity index (χ0) is 21.6. The smallest absolute Gasteiger partial charge is 0.290 e. The number of carbonyl (C=O) groups is 1. The number of nitrogens with one attached hydrogen (secondary N) is 1. The van der Waals surface area contributed by atoms with Gasteiger partial charge in [-0.3, -0.25) is 9.69 Å². The SMILES string of the molecule is COc1cc(CN2CCCC(c3cc(C(=O)NC4CCCCC4)on3)C2)cc(OC)c1. The van der Waals surface area contributed by atoms with Gasteiger partial charge in [0.05, 0.1) is 19.9 Å². The molecule has 2 heterocycles. The highest BCUT2D eigenvalue weighted by Crippen LogP contribution is 2.29. The van der Waals surface area contributed by atoms with Crippen LogP contribution in [-0.2, 0) is 6.54 Å². The standard InChI is InChI=1S/C24H33N3O4/c1-29-20-11-17(12-21(13-20)30-2)15-27-10-6-7-18(16-27)22-14-23(31-26-22)24(28)25-19-8-4-3-5-9-19/h11-14,18-19H,3-10,15-16H2,1-2H3,(H,25,28). The van der Waals surface area contributed by atoms with E-state index in [0.29, 0.717) is 5.76 Å². The van der Waals surface area contributed by atoms with Crippen molar-refractivity contribution in [2.24, 2.45) is 0 Å². The van der Waals surface area contributed by atoms with Crippen molar-refractivity contribution < 1.29 is 18.8 Å². The lowest BCUT2D eigenvalue weighted by Gasteiger charge is -2.31. The summed E-state index contributed by atoms with van der Waals surface area (Å²) in [5, 5.41) is 7.36. The van der Waals surface area contributed by atoms with Gasteiger partial charge in [-0.2, -0.15) is 0 Å². The van der Waals surface area contributed by atoms with Crippen LogP contribution in [0.25, 0.3) is 0 Å². The Balaban J connectivity index is 1.37. The number of ether oxygens (including phenoxy) is 2. The predicted octanol–water partition coefficient (Wildman–Crippen LogP) is 4.13. The second-order valence-electron chi connectivity index (χ2n) is 8.72. The van der Waals surface area contributed by atoms with Gasteiger partial charge in [0.1, 0.15) is 11.5 Å². The average Bonchev–Trinajstić information content (AvgIpc) is 3.30. The van der Waals surface area contributed by atoms with Gasteiger partial charge in [-0.15, -0.1) is 0 Å². The van der Waals surface area contributed by atoms with Crippen LogP contribution < -0.4 is 14.8 Å². The minimum Gasteiger partial charge on any atom is -0.497 e. The Morgan fingerprint density at radius 1 is 1.06 bits per heavy atom. The number of rotatable bonds is 7. The molecule has 1 N–H and O–H groups in total. The van der Waals surface area contributed by atoms with Crippen LogP contribution >= 0.6 is 0 Å². The lowest BCUT2D eigenvalue weighted by Crippen LogP contribution is -2.36. The molecule has 0 radical (unpaired) electrons. The number of amides is 1. The molecule has 1 aliphatic heterocycles. The summed E-state index contributed by atoms with van der Waals surface area (Å²) in [5.74, 6) is 2.05. The van der Waals surface area contributed by atoms with E-state index in [4.69, 9.17) is 14.0 Å². The topological polar surface area (TPSA) is 76.8 Å². The number of piperidine rings is 1. The van der Waals surface area contributed by atoms with Crippen LogP contribution in [-0.4, -0.2) is 49.3 Å². The quantitative estimate of drug-likeness (QED) is 0.716. The number of aromatic nitrogens is 1. The van der Waals surface area contributed by atoms with E-state index in [1.807, 2.05) is 12.1 Å². The highest BCUT2D eigenvalue weighted by molar-refractivity contribution is 5.91. The third-order valence-corrected chi connectivity index (χ3v) is 6.43. The summed E-state index contributed by atoms with van der Waals surface area (Å²) in [6, 6.07) is 8.09. The maximum Gasteiger partial charge on any atom is 0.290 e. The first-order valence-electron chi connectivity index (χ1n) is 11.4. The van der Waals surface area contributed by atoms with Crippen molar-refractivity contribution in [3.8, 4) is 11.5 Å². The fourth-order valence-electron chi connectivity index (χ4n) is 4.75. The Morgan fingerprint density at radius 3 is 2.52 bits per heavy atom. The normalized spacial score (nSPS) is 20.4. The monoisotopic (exact) mass is 427 g/mol. The number of methoxy groups -OCH3 is 2. The molecule has 0 spiro atoms. The average molecular weight is 428 g/mol. The first-order valence-corrected chi connectivity index (χ1v) is 11.4. The maximum absolute atomic E-state index is 12.6. The van der Waals surface area contributed by atoms with E-state index >= 15 is 0 Å². The van der Waals surface area contributed by atoms with Crippen LogP contribution in [0.3, 0.4) is 0 Å². The van der Waals surface area contributed by atoms with E-state index in [0.717, 1.165) is 68.1 Å². The van der Waals surface area contributed by atoms with E-state index in [-0.39, 0.29) is 17.9 Å². The van der Waals surface area contributed by atoms with Crippen molar-refractivity contribution in [1.82, 2.24) is 15.4 Å². The fourth-order valence-corrected chi connectivity index (χ4v) is 4.75. The number of nitrogens with zero attached hydrogens (tertiary/aromatic N) is 2. The van der Waals surface area contributed by atoms with Crippen molar-refractivity contribution in [3.63, 3.8) is 0 Å². The molecule has 2 aliphatic rings. The molecule has 168 valence electrons. The van der Waals surface area contributed by atoms with Crippen LogP contribution in [0.2, 0.25) is 0 Å². The Morgan fingerprint density at radius 2 is 1.81 bits per heavy atom. The molecule has 1 aliphatic carbocycles. The van der Waals surface area contributed by atoms with Crippen LogP contribution in [0, 0.1) is 0 Å². The zero-order valence-electron chi connectivity index (χ0n) is 18.6. The van der Waals surface area contributed by atoms with E-state index in [1.165, 1.54) is 19.3 Å². The van der Waals surface area contributed by atoms with Gasteiger partial charge in [0.2, 0.25) is 5.76 Å². The van der Waals surface area contributed by atoms with Gasteiger partial charge in [-0.25, -0.2) is 0 Å². The molecule has 7 heteroatoms. The molecular formula is C24H33N3O4. The van der Waals surface area contributed by atoms with E-state index in [2.05, 4.69) is 27.5 Å². The lowest BCUT2D eigenvalue weighted by molar-refractivity contribution is 0.0890. The number of carbonyl (C=O) groups excluding carboxylic acids is 1. The molecule has 1 aromatic carbocycles. The van der Waals surface area contributed by atoms with Gasteiger partial charge in [-0.1, -0.05) is 24.4 Å².